The smallest absolute Gasteiger partial charge is 0.407 e. The van der Waals surface area contributed by atoms with Gasteiger partial charge < -0.3 is 25.3 Å². The molecule has 0 spiro atoms. The van der Waals surface area contributed by atoms with Crippen molar-refractivity contribution in [3.63, 3.8) is 0 Å². The number of nitrogens with two attached hydrogens (primary N) is 1. The number of ether oxygens (including phenoxy) is 3. The van der Waals surface area contributed by atoms with Gasteiger partial charge in [0.15, 0.2) is 0 Å². The van der Waals surface area contributed by atoms with Crippen LogP contribution in [-0.4, -0.2) is 48.3 Å². The predicted molar refractivity (Wildman–Crippen MR) is 147 cm³/mol. The maximum Gasteiger partial charge on any atom is 0.407 e. The van der Waals surface area contributed by atoms with E-state index in [-0.39, 0.29) is 19.8 Å². The standard InChI is InChI=1S/C28H31FN4O4S/c1-28(2,3)37-27(34)31-10-11-35-12-13-36-23-16-20(29)7-8-21(23)25-26-22(9-14-38-26)24(32-33-25)19-6-4-5-18(15-19)17-30/h4-9,14-16H,10-13,17,30H2,1-3H3,(H,31,34). The molecule has 38 heavy (non-hydrogen) atoms. The number of amides is 1. The maximum atomic E-state index is 14.1. The number of thiophene rings is 1. The molecule has 3 N–H and O–H groups in total. The molecule has 10 heteroatoms. The molecule has 1 amide bonds. The first-order chi connectivity index (χ1) is 18.2. The van der Waals surface area contributed by atoms with Crippen molar-refractivity contribution in [1.82, 2.24) is 15.5 Å². The van der Waals surface area contributed by atoms with Crippen molar-refractivity contribution in [3.05, 3.63) is 65.3 Å². The second-order valence-electron chi connectivity index (χ2n) is 9.50. The molecule has 2 aromatic heterocycles. The monoisotopic (exact) mass is 538 g/mol. The van der Waals surface area contributed by atoms with Gasteiger partial charge in [-0.1, -0.05) is 18.2 Å². The van der Waals surface area contributed by atoms with Crippen LogP contribution in [0.25, 0.3) is 32.6 Å². The number of alkyl carbamates (subject to hydrolysis) is 1. The fourth-order valence-corrected chi connectivity index (χ4v) is 4.67. The fraction of sp³-hybridized carbons (Fsp3) is 0.321. The van der Waals surface area contributed by atoms with E-state index in [1.807, 2.05) is 35.7 Å². The zero-order chi connectivity index (χ0) is 27.1. The molecule has 2 heterocycles. The van der Waals surface area contributed by atoms with Crippen LogP contribution in [0.5, 0.6) is 5.75 Å². The van der Waals surface area contributed by atoms with E-state index in [1.54, 1.807) is 26.8 Å². The number of nitrogens with zero attached hydrogens (tertiary/aromatic N) is 2. The SMILES string of the molecule is CC(C)(C)OC(=O)NCCOCCOc1cc(F)ccc1-c1nnc(-c2cccc(CN)c2)c2ccsc12. The molecule has 0 saturated heterocycles. The van der Waals surface area contributed by atoms with E-state index in [2.05, 4.69) is 15.5 Å². The third-order valence-corrected chi connectivity index (χ3v) is 6.34. The number of carbonyl (C=O) groups is 1. The van der Waals surface area contributed by atoms with E-state index in [1.165, 1.54) is 23.5 Å². The summed E-state index contributed by atoms with van der Waals surface area (Å²) in [7, 11) is 0. The van der Waals surface area contributed by atoms with Gasteiger partial charge in [0, 0.05) is 35.7 Å². The van der Waals surface area contributed by atoms with Crippen LogP contribution in [0.1, 0.15) is 26.3 Å². The van der Waals surface area contributed by atoms with Crippen LogP contribution in [-0.2, 0) is 16.0 Å². The Morgan fingerprint density at radius 2 is 1.87 bits per heavy atom. The first-order valence-electron chi connectivity index (χ1n) is 12.3. The zero-order valence-electron chi connectivity index (χ0n) is 21.6. The van der Waals surface area contributed by atoms with Gasteiger partial charge in [0.2, 0.25) is 0 Å². The molecule has 0 aliphatic rings. The summed E-state index contributed by atoms with van der Waals surface area (Å²) in [6.07, 6.45) is -0.499. The van der Waals surface area contributed by atoms with Gasteiger partial charge in [0.05, 0.1) is 17.9 Å². The lowest BCUT2D eigenvalue weighted by Crippen LogP contribution is -2.34. The fourth-order valence-electron chi connectivity index (χ4n) is 3.78. The quantitative estimate of drug-likeness (QED) is 0.255. The van der Waals surface area contributed by atoms with Crippen molar-refractivity contribution in [3.8, 4) is 28.3 Å². The molecule has 0 aliphatic heterocycles. The number of rotatable bonds is 10. The van der Waals surface area contributed by atoms with Crippen LogP contribution in [0.2, 0.25) is 0 Å². The van der Waals surface area contributed by atoms with Crippen LogP contribution in [0, 0.1) is 5.82 Å². The summed E-state index contributed by atoms with van der Waals surface area (Å²) in [4.78, 5) is 11.7. The van der Waals surface area contributed by atoms with Gasteiger partial charge >= 0.3 is 6.09 Å². The van der Waals surface area contributed by atoms with Gasteiger partial charge in [0.1, 0.15) is 35.2 Å². The van der Waals surface area contributed by atoms with Crippen molar-refractivity contribution < 1.29 is 23.4 Å². The Morgan fingerprint density at radius 3 is 2.66 bits per heavy atom. The zero-order valence-corrected chi connectivity index (χ0v) is 22.4. The minimum atomic E-state index is -0.559. The van der Waals surface area contributed by atoms with Crippen molar-refractivity contribution in [2.75, 3.05) is 26.4 Å². The summed E-state index contributed by atoms with van der Waals surface area (Å²) in [5.41, 5.74) is 9.22. The van der Waals surface area contributed by atoms with Gasteiger partial charge in [0.25, 0.3) is 0 Å². The Hall–Kier alpha value is -3.60. The first-order valence-corrected chi connectivity index (χ1v) is 13.1. The Kier molecular flexibility index (Phi) is 8.88. The number of hydrogen-bond acceptors (Lipinski definition) is 8. The molecular weight excluding hydrogens is 507 g/mol. The molecule has 8 nitrogen and oxygen atoms in total. The van der Waals surface area contributed by atoms with Gasteiger partial charge in [-0.3, -0.25) is 0 Å². The van der Waals surface area contributed by atoms with Crippen LogP contribution in [0.15, 0.2) is 53.9 Å². The largest absolute Gasteiger partial charge is 0.490 e. The van der Waals surface area contributed by atoms with E-state index < -0.39 is 17.5 Å². The lowest BCUT2D eigenvalue weighted by Gasteiger charge is -2.19. The number of aromatic nitrogens is 2. The van der Waals surface area contributed by atoms with Crippen molar-refractivity contribution in [1.29, 1.82) is 0 Å². The van der Waals surface area contributed by atoms with Gasteiger partial charge in [-0.2, -0.15) is 0 Å². The summed E-state index contributed by atoms with van der Waals surface area (Å²) in [5, 5.41) is 14.6. The molecular formula is C28H31FN4O4S. The molecule has 0 radical (unpaired) electrons. The van der Waals surface area contributed by atoms with Crippen LogP contribution in [0.4, 0.5) is 9.18 Å². The third kappa shape index (κ3) is 7.03. The Labute approximate surface area is 224 Å². The first kappa shape index (κ1) is 27.4. The topological polar surface area (TPSA) is 109 Å². The van der Waals surface area contributed by atoms with Gasteiger partial charge in [-0.25, -0.2) is 9.18 Å². The minimum Gasteiger partial charge on any atom is -0.490 e. The molecule has 2 aromatic carbocycles. The average molecular weight is 539 g/mol. The molecule has 0 unspecified atom stereocenters. The van der Waals surface area contributed by atoms with Crippen molar-refractivity contribution >= 4 is 27.5 Å². The number of carbonyl (C=O) groups excluding carboxylic acids is 1. The number of hydrogen-bond donors (Lipinski definition) is 2. The second-order valence-corrected chi connectivity index (χ2v) is 10.4. The Balaban J connectivity index is 1.44. The highest BCUT2D eigenvalue weighted by Crippen LogP contribution is 2.39. The number of benzene rings is 2. The Bertz CT molecular complexity index is 1400. The minimum absolute atomic E-state index is 0.188. The molecule has 0 saturated carbocycles. The normalized spacial score (nSPS) is 11.5. The highest BCUT2D eigenvalue weighted by molar-refractivity contribution is 7.17. The molecule has 4 aromatic rings. The molecule has 0 fully saturated rings. The van der Waals surface area contributed by atoms with Crippen LogP contribution < -0.4 is 15.8 Å². The van der Waals surface area contributed by atoms with Gasteiger partial charge in [-0.15, -0.1) is 21.5 Å². The van der Waals surface area contributed by atoms with Crippen molar-refractivity contribution in [2.24, 2.45) is 5.73 Å². The van der Waals surface area contributed by atoms with Crippen LogP contribution in [0.3, 0.4) is 0 Å². The van der Waals surface area contributed by atoms with Crippen LogP contribution >= 0.6 is 11.3 Å². The summed E-state index contributed by atoms with van der Waals surface area (Å²) in [6, 6.07) is 14.3. The van der Waals surface area contributed by atoms with Crippen molar-refractivity contribution in [2.45, 2.75) is 32.9 Å². The molecule has 0 bridgehead atoms. The second kappa shape index (κ2) is 12.3. The number of halogens is 1. The van der Waals surface area contributed by atoms with Gasteiger partial charge in [-0.05, 0) is 56.0 Å². The number of fused-ring (bicyclic) bond motifs is 1. The molecule has 0 atom stereocenters. The average Bonchev–Trinajstić information content (AvgIpc) is 3.37. The Morgan fingerprint density at radius 1 is 1.05 bits per heavy atom. The lowest BCUT2D eigenvalue weighted by molar-refractivity contribution is 0.0489. The predicted octanol–water partition coefficient (Wildman–Crippen LogP) is 5.54. The van der Waals surface area contributed by atoms with E-state index in [0.717, 1.165) is 26.9 Å². The van der Waals surface area contributed by atoms with E-state index >= 15 is 0 Å². The van der Waals surface area contributed by atoms with E-state index in [9.17, 15) is 9.18 Å². The molecule has 4 rings (SSSR count). The maximum absolute atomic E-state index is 14.1. The summed E-state index contributed by atoms with van der Waals surface area (Å²) in [6.45, 7) is 6.85. The lowest BCUT2D eigenvalue weighted by atomic mass is 10.0. The highest BCUT2D eigenvalue weighted by Gasteiger charge is 2.18. The number of nitrogens with one attached hydrogen (secondary N) is 1. The highest BCUT2D eigenvalue weighted by atomic mass is 32.1. The van der Waals surface area contributed by atoms with E-state index in [4.69, 9.17) is 19.9 Å². The third-order valence-electron chi connectivity index (χ3n) is 5.42. The van der Waals surface area contributed by atoms with E-state index in [0.29, 0.717) is 30.1 Å². The molecule has 200 valence electrons. The summed E-state index contributed by atoms with van der Waals surface area (Å²) < 4.78 is 31.6. The summed E-state index contributed by atoms with van der Waals surface area (Å²) >= 11 is 1.54. The summed E-state index contributed by atoms with van der Waals surface area (Å²) in [5.74, 6) is -0.0702. The molecule has 0 aliphatic carbocycles.